The van der Waals surface area contributed by atoms with Crippen molar-refractivity contribution in [3.8, 4) is 0 Å². The summed E-state index contributed by atoms with van der Waals surface area (Å²) in [7, 11) is 0. The molecule has 1 aliphatic rings. The summed E-state index contributed by atoms with van der Waals surface area (Å²) in [5.41, 5.74) is 9.08. The Labute approximate surface area is 109 Å². The summed E-state index contributed by atoms with van der Waals surface area (Å²) in [5.74, 6) is 0. The van der Waals surface area contributed by atoms with Gasteiger partial charge in [-0.3, -0.25) is 4.90 Å². The Bertz CT molecular complexity index is 411. The minimum absolute atomic E-state index is 0.413. The molecule has 1 aliphatic heterocycles. The first-order valence-electron chi connectivity index (χ1n) is 6.54. The van der Waals surface area contributed by atoms with Gasteiger partial charge in [-0.25, -0.2) is 0 Å². The maximum atomic E-state index is 10.2. The molecule has 0 spiro atoms. The molecule has 98 valence electrons. The first-order chi connectivity index (χ1) is 8.69. The molecule has 0 radical (unpaired) electrons. The zero-order valence-electron chi connectivity index (χ0n) is 11.0. The fraction of sp³-hybridized carbons (Fsp3) is 0.467. The molecule has 0 saturated heterocycles. The molecule has 2 rings (SSSR count). The lowest BCUT2D eigenvalue weighted by atomic mass is 10.0. The molecular formula is C15H22N2O. The van der Waals surface area contributed by atoms with Gasteiger partial charge in [0.05, 0.1) is 6.10 Å². The third-order valence-electron chi connectivity index (χ3n) is 3.55. The van der Waals surface area contributed by atoms with Crippen molar-refractivity contribution >= 4 is 0 Å². The molecule has 0 aliphatic carbocycles. The monoisotopic (exact) mass is 246 g/mol. The van der Waals surface area contributed by atoms with Crippen molar-refractivity contribution in [3.63, 3.8) is 0 Å². The van der Waals surface area contributed by atoms with Crippen molar-refractivity contribution in [3.05, 3.63) is 47.0 Å². The first-order valence-corrected chi connectivity index (χ1v) is 6.54. The van der Waals surface area contributed by atoms with Crippen LogP contribution in [0.25, 0.3) is 0 Å². The molecule has 1 aromatic carbocycles. The van der Waals surface area contributed by atoms with Gasteiger partial charge in [-0.15, -0.1) is 0 Å². The molecule has 1 atom stereocenters. The average Bonchev–Trinajstić information content (AvgIpc) is 2.41. The lowest BCUT2D eigenvalue weighted by Crippen LogP contribution is -2.32. The van der Waals surface area contributed by atoms with Gasteiger partial charge in [-0.1, -0.05) is 35.9 Å². The van der Waals surface area contributed by atoms with E-state index in [1.165, 1.54) is 5.57 Å². The maximum absolute atomic E-state index is 10.2. The van der Waals surface area contributed by atoms with Crippen LogP contribution in [-0.4, -0.2) is 29.6 Å². The highest BCUT2D eigenvalue weighted by atomic mass is 16.3. The minimum Gasteiger partial charge on any atom is -0.387 e. The van der Waals surface area contributed by atoms with E-state index >= 15 is 0 Å². The molecule has 1 unspecified atom stereocenters. The van der Waals surface area contributed by atoms with Crippen molar-refractivity contribution in [2.45, 2.75) is 26.0 Å². The Kier molecular flexibility index (Phi) is 4.53. The number of aliphatic hydroxyl groups excluding tert-OH is 1. The summed E-state index contributed by atoms with van der Waals surface area (Å²) >= 11 is 0. The summed E-state index contributed by atoms with van der Waals surface area (Å²) in [4.78, 5) is 2.29. The van der Waals surface area contributed by atoms with Crippen LogP contribution in [0.3, 0.4) is 0 Å². The Morgan fingerprint density at radius 3 is 2.61 bits per heavy atom. The van der Waals surface area contributed by atoms with E-state index in [2.05, 4.69) is 17.9 Å². The predicted octanol–water partition coefficient (Wildman–Crippen LogP) is 1.83. The van der Waals surface area contributed by atoms with Crippen molar-refractivity contribution < 1.29 is 5.11 Å². The summed E-state index contributed by atoms with van der Waals surface area (Å²) in [6.45, 7) is 5.40. The normalized spacial score (nSPS) is 18.5. The van der Waals surface area contributed by atoms with Gasteiger partial charge in [0.2, 0.25) is 0 Å². The summed E-state index contributed by atoms with van der Waals surface area (Å²) in [6.07, 6.45) is 2.94. The Balaban J connectivity index is 1.92. The standard InChI is InChI=1S/C15H22N2O/c1-12-6-8-17(9-7-12)11-15(18)14-4-2-13(10-16)3-5-14/h2-6,15,18H,7-11,16H2,1H3. The van der Waals surface area contributed by atoms with Gasteiger partial charge in [0.1, 0.15) is 0 Å². The van der Waals surface area contributed by atoms with Crippen molar-refractivity contribution in [1.82, 2.24) is 4.90 Å². The SMILES string of the molecule is CC1=CCN(CC(O)c2ccc(CN)cc2)CC1. The third kappa shape index (κ3) is 3.42. The number of benzene rings is 1. The second-order valence-electron chi connectivity index (χ2n) is 5.02. The number of aliphatic hydroxyl groups is 1. The molecule has 18 heavy (non-hydrogen) atoms. The lowest BCUT2D eigenvalue weighted by Gasteiger charge is -2.27. The number of nitrogens with zero attached hydrogens (tertiary/aromatic N) is 1. The fourth-order valence-electron chi connectivity index (χ4n) is 2.20. The zero-order valence-corrected chi connectivity index (χ0v) is 11.0. The highest BCUT2D eigenvalue weighted by Crippen LogP contribution is 2.17. The minimum atomic E-state index is -0.413. The van der Waals surface area contributed by atoms with E-state index in [1.54, 1.807) is 0 Å². The van der Waals surface area contributed by atoms with Crippen LogP contribution in [0.15, 0.2) is 35.9 Å². The van der Waals surface area contributed by atoms with Crippen LogP contribution < -0.4 is 5.73 Å². The van der Waals surface area contributed by atoms with E-state index < -0.39 is 6.10 Å². The lowest BCUT2D eigenvalue weighted by molar-refractivity contribution is 0.117. The van der Waals surface area contributed by atoms with Crippen molar-refractivity contribution in [2.75, 3.05) is 19.6 Å². The van der Waals surface area contributed by atoms with Crippen molar-refractivity contribution in [2.24, 2.45) is 5.73 Å². The summed E-state index contributed by atoms with van der Waals surface area (Å²) in [6, 6.07) is 7.91. The molecule has 0 amide bonds. The molecular weight excluding hydrogens is 224 g/mol. The smallest absolute Gasteiger partial charge is 0.0917 e. The molecule has 0 fully saturated rings. The number of hydrogen-bond donors (Lipinski definition) is 2. The molecule has 1 heterocycles. The van der Waals surface area contributed by atoms with E-state index in [0.717, 1.165) is 30.6 Å². The van der Waals surface area contributed by atoms with Gasteiger partial charge in [0.15, 0.2) is 0 Å². The molecule has 0 aromatic heterocycles. The largest absolute Gasteiger partial charge is 0.387 e. The maximum Gasteiger partial charge on any atom is 0.0917 e. The second kappa shape index (κ2) is 6.14. The molecule has 3 N–H and O–H groups in total. The Morgan fingerprint density at radius 2 is 2.06 bits per heavy atom. The van der Waals surface area contributed by atoms with Crippen LogP contribution >= 0.6 is 0 Å². The predicted molar refractivity (Wildman–Crippen MR) is 74.1 cm³/mol. The number of nitrogens with two attached hydrogens (primary N) is 1. The van der Waals surface area contributed by atoms with Crippen LogP contribution in [0.2, 0.25) is 0 Å². The van der Waals surface area contributed by atoms with E-state index in [-0.39, 0.29) is 0 Å². The van der Waals surface area contributed by atoms with Gasteiger partial charge in [-0.2, -0.15) is 0 Å². The van der Waals surface area contributed by atoms with Crippen LogP contribution in [0.1, 0.15) is 30.6 Å². The topological polar surface area (TPSA) is 49.5 Å². The highest BCUT2D eigenvalue weighted by molar-refractivity contribution is 5.24. The molecule has 0 bridgehead atoms. The van der Waals surface area contributed by atoms with Gasteiger partial charge in [0, 0.05) is 26.2 Å². The van der Waals surface area contributed by atoms with Crippen LogP contribution in [0.5, 0.6) is 0 Å². The van der Waals surface area contributed by atoms with Crippen LogP contribution in [-0.2, 0) is 6.54 Å². The molecule has 1 aromatic rings. The van der Waals surface area contributed by atoms with Gasteiger partial charge < -0.3 is 10.8 Å². The quantitative estimate of drug-likeness (QED) is 0.797. The first kappa shape index (κ1) is 13.3. The highest BCUT2D eigenvalue weighted by Gasteiger charge is 2.15. The van der Waals surface area contributed by atoms with Gasteiger partial charge in [0.25, 0.3) is 0 Å². The molecule has 3 nitrogen and oxygen atoms in total. The third-order valence-corrected chi connectivity index (χ3v) is 3.55. The van der Waals surface area contributed by atoms with Gasteiger partial charge >= 0.3 is 0 Å². The Hall–Kier alpha value is -1.16. The number of β-amino-alcohol motifs (C(OH)–C–C–N with tert-alkyl or cyclic N) is 1. The number of rotatable bonds is 4. The van der Waals surface area contributed by atoms with E-state index in [4.69, 9.17) is 5.73 Å². The average molecular weight is 246 g/mol. The summed E-state index contributed by atoms with van der Waals surface area (Å²) in [5, 5.41) is 10.2. The molecule has 0 saturated carbocycles. The van der Waals surface area contributed by atoms with E-state index in [0.29, 0.717) is 13.1 Å². The van der Waals surface area contributed by atoms with Crippen LogP contribution in [0.4, 0.5) is 0 Å². The van der Waals surface area contributed by atoms with Crippen molar-refractivity contribution in [1.29, 1.82) is 0 Å². The second-order valence-corrected chi connectivity index (χ2v) is 5.02. The molecule has 3 heteroatoms. The Morgan fingerprint density at radius 1 is 1.33 bits per heavy atom. The van der Waals surface area contributed by atoms with E-state index in [1.807, 2.05) is 24.3 Å². The van der Waals surface area contributed by atoms with Crippen LogP contribution in [0, 0.1) is 0 Å². The fourth-order valence-corrected chi connectivity index (χ4v) is 2.20. The zero-order chi connectivity index (χ0) is 13.0. The van der Waals surface area contributed by atoms with E-state index in [9.17, 15) is 5.11 Å². The summed E-state index contributed by atoms with van der Waals surface area (Å²) < 4.78 is 0. The number of hydrogen-bond acceptors (Lipinski definition) is 3. The van der Waals surface area contributed by atoms with Gasteiger partial charge in [-0.05, 0) is 24.5 Å².